The number of benzene rings is 1. The van der Waals surface area contributed by atoms with Gasteiger partial charge in [0.1, 0.15) is 0 Å². The Labute approximate surface area is 179 Å². The highest BCUT2D eigenvalue weighted by atomic mass is 32.2. The van der Waals surface area contributed by atoms with Crippen molar-refractivity contribution in [3.05, 3.63) is 59.8 Å². The first-order chi connectivity index (χ1) is 13.5. The van der Waals surface area contributed by atoms with Gasteiger partial charge in [-0.25, -0.2) is 17.2 Å². The first kappa shape index (κ1) is 29.0. The predicted molar refractivity (Wildman–Crippen MR) is 125 cm³/mol. The summed E-state index contributed by atoms with van der Waals surface area (Å²) < 4.78 is 43.7. The lowest BCUT2D eigenvalue weighted by Crippen LogP contribution is -2.15. The van der Waals surface area contributed by atoms with Gasteiger partial charge in [0, 0.05) is 29.4 Å². The summed E-state index contributed by atoms with van der Waals surface area (Å²) in [6.07, 6.45) is 5.93. The molecule has 8 heteroatoms. The SMILES string of the molecule is C=C/C=C(C(C)=S)/C(=C\c1ccc(S(C)(=O)=O)cc1)NC=NC.CC.CC(F)F. The van der Waals surface area contributed by atoms with Gasteiger partial charge in [0.2, 0.25) is 6.43 Å². The Morgan fingerprint density at radius 1 is 1.24 bits per heavy atom. The number of hydrogen-bond donors (Lipinski definition) is 1. The molecule has 29 heavy (non-hydrogen) atoms. The fraction of sp³-hybridized carbons (Fsp3) is 0.333. The van der Waals surface area contributed by atoms with E-state index in [2.05, 4.69) is 16.9 Å². The van der Waals surface area contributed by atoms with E-state index in [1.54, 1.807) is 43.7 Å². The van der Waals surface area contributed by atoms with E-state index in [4.69, 9.17) is 12.2 Å². The first-order valence-corrected chi connectivity index (χ1v) is 11.1. The summed E-state index contributed by atoms with van der Waals surface area (Å²) in [7, 11) is -1.54. The molecule has 0 heterocycles. The molecule has 0 spiro atoms. The van der Waals surface area contributed by atoms with Crippen molar-refractivity contribution in [3.8, 4) is 0 Å². The molecule has 0 aromatic heterocycles. The Bertz CT molecular complexity index is 824. The maximum atomic E-state index is 11.5. The van der Waals surface area contributed by atoms with Gasteiger partial charge in [-0.05, 0) is 37.6 Å². The molecule has 0 aliphatic rings. The fourth-order valence-corrected chi connectivity index (χ4v) is 2.63. The summed E-state index contributed by atoms with van der Waals surface area (Å²) in [6, 6.07) is 6.64. The molecule has 0 saturated carbocycles. The fourth-order valence-electron chi connectivity index (χ4n) is 1.82. The van der Waals surface area contributed by atoms with Crippen molar-refractivity contribution in [1.82, 2.24) is 5.32 Å². The van der Waals surface area contributed by atoms with Crippen LogP contribution in [0, 0.1) is 0 Å². The molecule has 0 fully saturated rings. The van der Waals surface area contributed by atoms with Gasteiger partial charge in [-0.1, -0.05) is 56.9 Å². The molecular formula is C21H30F2N2O2S2. The van der Waals surface area contributed by atoms with Crippen LogP contribution in [-0.2, 0) is 9.84 Å². The summed E-state index contributed by atoms with van der Waals surface area (Å²) in [5, 5.41) is 3.08. The highest BCUT2D eigenvalue weighted by molar-refractivity contribution is 7.90. The largest absolute Gasteiger partial charge is 0.346 e. The second kappa shape index (κ2) is 15.7. The Morgan fingerprint density at radius 3 is 2.07 bits per heavy atom. The minimum Gasteiger partial charge on any atom is -0.346 e. The van der Waals surface area contributed by atoms with Gasteiger partial charge in [-0.2, -0.15) is 0 Å². The van der Waals surface area contributed by atoms with E-state index in [1.165, 1.54) is 6.26 Å². The summed E-state index contributed by atoms with van der Waals surface area (Å²) in [6.45, 7) is 10.4. The molecule has 162 valence electrons. The number of hydrogen-bond acceptors (Lipinski definition) is 4. The minimum atomic E-state index is -3.20. The smallest absolute Gasteiger partial charge is 0.235 e. The third kappa shape index (κ3) is 13.6. The van der Waals surface area contributed by atoms with Crippen molar-refractivity contribution in [2.45, 2.75) is 39.0 Å². The first-order valence-electron chi connectivity index (χ1n) is 8.84. The van der Waals surface area contributed by atoms with Crippen molar-refractivity contribution < 1.29 is 17.2 Å². The van der Waals surface area contributed by atoms with Gasteiger partial charge in [-0.15, -0.1) is 0 Å². The van der Waals surface area contributed by atoms with Gasteiger partial charge in [0.25, 0.3) is 0 Å². The third-order valence-electron chi connectivity index (χ3n) is 2.92. The molecule has 0 bridgehead atoms. The second-order valence-corrected chi connectivity index (χ2v) is 7.95. The molecule has 0 unspecified atom stereocenters. The van der Waals surface area contributed by atoms with Gasteiger partial charge in [0.15, 0.2) is 9.84 Å². The van der Waals surface area contributed by atoms with Gasteiger partial charge in [-0.3, -0.25) is 4.99 Å². The zero-order chi connectivity index (χ0) is 23.0. The van der Waals surface area contributed by atoms with Gasteiger partial charge in [0.05, 0.1) is 11.2 Å². The average Bonchev–Trinajstić information content (AvgIpc) is 2.64. The molecule has 4 nitrogen and oxygen atoms in total. The highest BCUT2D eigenvalue weighted by Crippen LogP contribution is 2.17. The number of aliphatic imine (C=N–C) groups is 1. The molecular weight excluding hydrogens is 414 g/mol. The Morgan fingerprint density at radius 2 is 1.72 bits per heavy atom. The summed E-state index contributed by atoms with van der Waals surface area (Å²) in [5.74, 6) is 0. The molecule has 1 rings (SSSR count). The number of nitrogens with one attached hydrogen (secondary N) is 1. The number of rotatable bonds is 7. The molecule has 1 aromatic carbocycles. The standard InChI is InChI=1S/C17H20N2O2S2.C2H4F2.C2H6/c1-5-6-16(13(2)22)17(19-12-18-3)11-14-7-9-15(10-8-14)23(4,20)21;1-2(3)4;1-2/h5-12H,1H2,2-4H3,(H,18,19);2H,1H3;1-2H3/b16-6+,17-11+;;. The zero-order valence-electron chi connectivity index (χ0n) is 17.7. The monoisotopic (exact) mass is 444 g/mol. The third-order valence-corrected chi connectivity index (χ3v) is 4.27. The van der Waals surface area contributed by atoms with Crippen molar-refractivity contribution in [3.63, 3.8) is 0 Å². The number of halogens is 2. The zero-order valence-corrected chi connectivity index (χ0v) is 19.4. The van der Waals surface area contributed by atoms with Crippen LogP contribution in [0.3, 0.4) is 0 Å². The van der Waals surface area contributed by atoms with Crippen LogP contribution in [0.1, 0.15) is 33.3 Å². The van der Waals surface area contributed by atoms with Crippen LogP contribution < -0.4 is 5.32 Å². The van der Waals surface area contributed by atoms with Crippen LogP contribution in [0.25, 0.3) is 6.08 Å². The van der Waals surface area contributed by atoms with Crippen LogP contribution in [0.5, 0.6) is 0 Å². The lowest BCUT2D eigenvalue weighted by molar-refractivity contribution is 0.171. The van der Waals surface area contributed by atoms with Crippen LogP contribution in [0.15, 0.2) is 64.2 Å². The molecule has 0 aliphatic carbocycles. The number of sulfone groups is 1. The Balaban J connectivity index is 0. The normalized spacial score (nSPS) is 11.9. The van der Waals surface area contributed by atoms with E-state index in [-0.39, 0.29) is 4.90 Å². The lowest BCUT2D eigenvalue weighted by Gasteiger charge is -2.11. The van der Waals surface area contributed by atoms with Crippen molar-refractivity contribution in [2.75, 3.05) is 13.3 Å². The van der Waals surface area contributed by atoms with E-state index in [0.717, 1.165) is 23.8 Å². The molecule has 1 N–H and O–H groups in total. The number of allylic oxidation sites excluding steroid dienone is 3. The summed E-state index contributed by atoms with van der Waals surface area (Å²) in [5.41, 5.74) is 2.42. The topological polar surface area (TPSA) is 58.5 Å². The number of thiocarbonyl (C=S) groups is 1. The molecule has 0 saturated heterocycles. The lowest BCUT2D eigenvalue weighted by atomic mass is 10.1. The van der Waals surface area contributed by atoms with E-state index >= 15 is 0 Å². The molecule has 0 atom stereocenters. The average molecular weight is 445 g/mol. The quantitative estimate of drug-likeness (QED) is 0.199. The van der Waals surface area contributed by atoms with Crippen molar-refractivity contribution >= 4 is 39.3 Å². The van der Waals surface area contributed by atoms with E-state index in [1.807, 2.05) is 32.9 Å². The summed E-state index contributed by atoms with van der Waals surface area (Å²) in [4.78, 5) is 4.91. The van der Waals surface area contributed by atoms with Crippen LogP contribution in [0.2, 0.25) is 0 Å². The number of alkyl halides is 2. The van der Waals surface area contributed by atoms with Gasteiger partial charge < -0.3 is 5.32 Å². The van der Waals surface area contributed by atoms with Crippen molar-refractivity contribution in [2.24, 2.45) is 4.99 Å². The Kier molecular flexibility index (Phi) is 15.7. The predicted octanol–water partition coefficient (Wildman–Crippen LogP) is 5.48. The van der Waals surface area contributed by atoms with E-state index in [9.17, 15) is 17.2 Å². The maximum Gasteiger partial charge on any atom is 0.235 e. The minimum absolute atomic E-state index is 0.284. The van der Waals surface area contributed by atoms with Crippen LogP contribution >= 0.6 is 12.2 Å². The van der Waals surface area contributed by atoms with E-state index in [0.29, 0.717) is 4.86 Å². The number of nitrogens with zero attached hydrogens (tertiary/aromatic N) is 1. The molecule has 0 radical (unpaired) electrons. The van der Waals surface area contributed by atoms with E-state index < -0.39 is 16.3 Å². The molecule has 1 aromatic rings. The Hall–Kier alpha value is -2.19. The maximum absolute atomic E-state index is 11.5. The van der Waals surface area contributed by atoms with Crippen LogP contribution in [0.4, 0.5) is 8.78 Å². The van der Waals surface area contributed by atoms with Gasteiger partial charge >= 0.3 is 0 Å². The molecule has 0 amide bonds. The highest BCUT2D eigenvalue weighted by Gasteiger charge is 2.08. The molecule has 0 aliphatic heterocycles. The second-order valence-electron chi connectivity index (χ2n) is 5.32. The van der Waals surface area contributed by atoms with Crippen molar-refractivity contribution in [1.29, 1.82) is 0 Å². The summed E-state index contributed by atoms with van der Waals surface area (Å²) >= 11 is 5.27. The van der Waals surface area contributed by atoms with Crippen LogP contribution in [-0.4, -0.2) is 39.3 Å².